The second-order valence-corrected chi connectivity index (χ2v) is 4.32. The molecule has 0 fully saturated rings. The normalized spacial score (nSPS) is 13.5. The van der Waals surface area contributed by atoms with E-state index in [0.717, 1.165) is 0 Å². The van der Waals surface area contributed by atoms with Gasteiger partial charge in [0, 0.05) is 13.7 Å². The molecule has 2 unspecified atom stereocenters. The van der Waals surface area contributed by atoms with Crippen molar-refractivity contribution in [1.82, 2.24) is 5.32 Å². The highest BCUT2D eigenvalue weighted by Crippen LogP contribution is 2.16. The fourth-order valence-electron chi connectivity index (χ4n) is 1.61. The van der Waals surface area contributed by atoms with Gasteiger partial charge in [-0.1, -0.05) is 12.1 Å². The monoisotopic (exact) mass is 280 g/mol. The van der Waals surface area contributed by atoms with Crippen LogP contribution in [0.1, 0.15) is 5.56 Å². The number of nitrogens with one attached hydrogen (secondary N) is 1. The van der Waals surface area contributed by atoms with E-state index in [-0.39, 0.29) is 25.8 Å². The van der Waals surface area contributed by atoms with Gasteiger partial charge in [0.15, 0.2) is 0 Å². The van der Waals surface area contributed by atoms with Crippen LogP contribution < -0.4 is 10.1 Å². The summed E-state index contributed by atoms with van der Waals surface area (Å²) in [4.78, 5) is 0. The number of aliphatic hydroxyl groups excluding tert-OH is 2. The summed E-state index contributed by atoms with van der Waals surface area (Å²) in [6.07, 6.45) is -0.743. The second-order valence-electron chi connectivity index (χ2n) is 4.32. The van der Waals surface area contributed by atoms with Gasteiger partial charge in [0.25, 0.3) is 0 Å². The van der Waals surface area contributed by atoms with Crippen molar-refractivity contribution < 1.29 is 19.7 Å². The lowest BCUT2D eigenvalue weighted by Crippen LogP contribution is -2.42. The molecule has 20 heavy (non-hydrogen) atoms. The molecule has 1 aromatic rings. The summed E-state index contributed by atoms with van der Waals surface area (Å²) in [6, 6.07) is 8.65. The number of para-hydroxylation sites is 1. The molecular formula is C14H20N2O4. The number of rotatable bonds is 9. The van der Waals surface area contributed by atoms with Crippen molar-refractivity contribution in [1.29, 1.82) is 5.26 Å². The van der Waals surface area contributed by atoms with Crippen LogP contribution in [0.25, 0.3) is 0 Å². The minimum Gasteiger partial charge on any atom is -0.489 e. The lowest BCUT2D eigenvalue weighted by molar-refractivity contribution is 0.0853. The van der Waals surface area contributed by atoms with Crippen LogP contribution in [0.2, 0.25) is 0 Å². The van der Waals surface area contributed by atoms with E-state index in [1.165, 1.54) is 0 Å². The van der Waals surface area contributed by atoms with E-state index in [1.54, 1.807) is 31.4 Å². The summed E-state index contributed by atoms with van der Waals surface area (Å²) < 4.78 is 10.3. The van der Waals surface area contributed by atoms with E-state index >= 15 is 0 Å². The Balaban J connectivity index is 2.36. The molecule has 0 amide bonds. The molecule has 0 aliphatic rings. The lowest BCUT2D eigenvalue weighted by atomic mass is 10.2. The van der Waals surface area contributed by atoms with Crippen molar-refractivity contribution in [3.63, 3.8) is 0 Å². The van der Waals surface area contributed by atoms with E-state index in [0.29, 0.717) is 17.9 Å². The Morgan fingerprint density at radius 3 is 2.75 bits per heavy atom. The number of nitrogens with zero attached hydrogens (tertiary/aromatic N) is 1. The van der Waals surface area contributed by atoms with Gasteiger partial charge in [-0.3, -0.25) is 0 Å². The van der Waals surface area contributed by atoms with Crippen LogP contribution in [0, 0.1) is 11.3 Å². The standard InChI is InChI=1S/C14H20N2O4/c1-19-9-12(8-17)16-7-13(18)10-20-14-5-3-2-4-11(14)6-15/h2-5,12-13,16-18H,7-10H2,1H3. The van der Waals surface area contributed by atoms with Gasteiger partial charge < -0.3 is 25.0 Å². The largest absolute Gasteiger partial charge is 0.489 e. The molecule has 1 rings (SSSR count). The third-order valence-electron chi connectivity index (χ3n) is 2.67. The zero-order valence-electron chi connectivity index (χ0n) is 11.5. The molecule has 6 nitrogen and oxygen atoms in total. The fourth-order valence-corrected chi connectivity index (χ4v) is 1.61. The van der Waals surface area contributed by atoms with E-state index in [9.17, 15) is 5.11 Å². The van der Waals surface area contributed by atoms with Gasteiger partial charge in [-0.2, -0.15) is 5.26 Å². The minimum absolute atomic E-state index is 0.0663. The molecular weight excluding hydrogens is 260 g/mol. The average Bonchev–Trinajstić information content (AvgIpc) is 2.49. The maximum absolute atomic E-state index is 9.79. The molecule has 2 atom stereocenters. The molecule has 3 N–H and O–H groups in total. The molecule has 6 heteroatoms. The molecule has 0 aromatic heterocycles. The SMILES string of the molecule is COCC(CO)NCC(O)COc1ccccc1C#N. The van der Waals surface area contributed by atoms with Crippen molar-refractivity contribution in [3.8, 4) is 11.8 Å². The summed E-state index contributed by atoms with van der Waals surface area (Å²) in [5, 5.41) is 30.7. The molecule has 0 radical (unpaired) electrons. The van der Waals surface area contributed by atoms with Gasteiger partial charge in [-0.15, -0.1) is 0 Å². The Kier molecular flexibility index (Phi) is 7.62. The molecule has 0 heterocycles. The topological polar surface area (TPSA) is 94.7 Å². The zero-order chi connectivity index (χ0) is 14.8. The van der Waals surface area contributed by atoms with Crippen LogP contribution in [-0.4, -0.2) is 55.8 Å². The molecule has 1 aromatic carbocycles. The van der Waals surface area contributed by atoms with Gasteiger partial charge in [0.2, 0.25) is 0 Å². The highest BCUT2D eigenvalue weighted by molar-refractivity contribution is 5.42. The van der Waals surface area contributed by atoms with Gasteiger partial charge >= 0.3 is 0 Å². The van der Waals surface area contributed by atoms with Crippen molar-refractivity contribution in [2.45, 2.75) is 12.1 Å². The summed E-state index contributed by atoms with van der Waals surface area (Å²) in [5.74, 6) is 0.449. The number of nitriles is 1. The van der Waals surface area contributed by atoms with Gasteiger partial charge in [0.05, 0.1) is 24.8 Å². The molecule has 0 spiro atoms. The van der Waals surface area contributed by atoms with Crippen molar-refractivity contribution in [3.05, 3.63) is 29.8 Å². The quantitative estimate of drug-likeness (QED) is 0.584. The van der Waals surface area contributed by atoms with Crippen LogP contribution in [0.5, 0.6) is 5.75 Å². The van der Waals surface area contributed by atoms with Crippen LogP contribution in [0.15, 0.2) is 24.3 Å². The second kappa shape index (κ2) is 9.28. The first-order chi connectivity index (χ1) is 9.71. The number of hydrogen-bond acceptors (Lipinski definition) is 6. The molecule has 0 aliphatic heterocycles. The summed E-state index contributed by atoms with van der Waals surface area (Å²) in [5.41, 5.74) is 0.431. The van der Waals surface area contributed by atoms with E-state index in [2.05, 4.69) is 5.32 Å². The van der Waals surface area contributed by atoms with Crippen LogP contribution in [0.3, 0.4) is 0 Å². The fraction of sp³-hybridized carbons (Fsp3) is 0.500. The lowest BCUT2D eigenvalue weighted by Gasteiger charge is -2.18. The van der Waals surface area contributed by atoms with Crippen molar-refractivity contribution in [2.24, 2.45) is 0 Å². The van der Waals surface area contributed by atoms with E-state index in [1.807, 2.05) is 6.07 Å². The molecule has 0 saturated heterocycles. The predicted molar refractivity (Wildman–Crippen MR) is 73.4 cm³/mol. The van der Waals surface area contributed by atoms with E-state index in [4.69, 9.17) is 19.8 Å². The molecule has 0 bridgehead atoms. The predicted octanol–water partition coefficient (Wildman–Crippen LogP) is -0.105. The molecule has 110 valence electrons. The van der Waals surface area contributed by atoms with Crippen LogP contribution in [0.4, 0.5) is 0 Å². The summed E-state index contributed by atoms with van der Waals surface area (Å²) >= 11 is 0. The first-order valence-electron chi connectivity index (χ1n) is 6.34. The maximum Gasteiger partial charge on any atom is 0.137 e. The Bertz CT molecular complexity index is 433. The summed E-state index contributed by atoms with van der Waals surface area (Å²) in [6.45, 7) is 0.625. The van der Waals surface area contributed by atoms with Gasteiger partial charge in [0.1, 0.15) is 24.5 Å². The number of methoxy groups -OCH3 is 1. The zero-order valence-corrected chi connectivity index (χ0v) is 11.5. The van der Waals surface area contributed by atoms with Crippen LogP contribution in [-0.2, 0) is 4.74 Å². The Morgan fingerprint density at radius 2 is 2.10 bits per heavy atom. The van der Waals surface area contributed by atoms with Crippen molar-refractivity contribution in [2.75, 3.05) is 33.5 Å². The summed E-state index contributed by atoms with van der Waals surface area (Å²) in [7, 11) is 1.54. The third-order valence-corrected chi connectivity index (χ3v) is 2.67. The number of benzene rings is 1. The Hall–Kier alpha value is -1.65. The van der Waals surface area contributed by atoms with E-state index < -0.39 is 6.10 Å². The Morgan fingerprint density at radius 1 is 1.35 bits per heavy atom. The van der Waals surface area contributed by atoms with Gasteiger partial charge in [-0.05, 0) is 12.1 Å². The smallest absolute Gasteiger partial charge is 0.137 e. The van der Waals surface area contributed by atoms with Gasteiger partial charge in [-0.25, -0.2) is 0 Å². The Labute approximate surface area is 118 Å². The highest BCUT2D eigenvalue weighted by atomic mass is 16.5. The van der Waals surface area contributed by atoms with Crippen molar-refractivity contribution >= 4 is 0 Å². The average molecular weight is 280 g/mol. The first-order valence-corrected chi connectivity index (χ1v) is 6.34. The third kappa shape index (κ3) is 5.55. The minimum atomic E-state index is -0.743. The first kappa shape index (κ1) is 16.4. The number of aliphatic hydroxyl groups is 2. The maximum atomic E-state index is 9.79. The number of ether oxygens (including phenoxy) is 2. The molecule has 0 saturated carbocycles. The highest BCUT2D eigenvalue weighted by Gasteiger charge is 2.11. The van der Waals surface area contributed by atoms with Crippen LogP contribution >= 0.6 is 0 Å². The number of hydrogen-bond donors (Lipinski definition) is 3. The molecule has 0 aliphatic carbocycles.